The highest BCUT2D eigenvalue weighted by Crippen LogP contribution is 2.36. The van der Waals surface area contributed by atoms with Crippen LogP contribution in [0.5, 0.6) is 6.01 Å². The molecule has 4 heteroatoms. The average Bonchev–Trinajstić information content (AvgIpc) is 2.69. The predicted molar refractivity (Wildman–Crippen MR) is 34.8 cm³/mol. The second-order valence-corrected chi connectivity index (χ2v) is 2.46. The monoisotopic (exact) mass is 139 g/mol. The summed E-state index contributed by atoms with van der Waals surface area (Å²) in [6.45, 7) is 0. The Kier molecular flexibility index (Phi) is 1.12. The molecule has 0 aliphatic heterocycles. The normalized spacial score (nSPS) is 17.3. The van der Waals surface area contributed by atoms with Crippen molar-refractivity contribution in [1.82, 2.24) is 14.8 Å². The molecule has 1 fully saturated rings. The van der Waals surface area contributed by atoms with E-state index in [1.807, 2.05) is 4.57 Å². The quantitative estimate of drug-likeness (QED) is 0.603. The van der Waals surface area contributed by atoms with E-state index in [9.17, 15) is 0 Å². The van der Waals surface area contributed by atoms with Crippen LogP contribution in [0.1, 0.15) is 18.9 Å². The van der Waals surface area contributed by atoms with Crippen LogP contribution in [0.15, 0.2) is 6.33 Å². The zero-order valence-corrected chi connectivity index (χ0v) is 5.82. The van der Waals surface area contributed by atoms with Crippen molar-refractivity contribution in [2.24, 2.45) is 0 Å². The molecular formula is C6H9N3O. The molecule has 0 spiro atoms. The van der Waals surface area contributed by atoms with Gasteiger partial charge in [-0.2, -0.15) is 0 Å². The fourth-order valence-corrected chi connectivity index (χ4v) is 0.981. The zero-order valence-electron chi connectivity index (χ0n) is 5.82. The van der Waals surface area contributed by atoms with Crippen molar-refractivity contribution < 1.29 is 4.74 Å². The van der Waals surface area contributed by atoms with Crippen molar-refractivity contribution in [2.75, 3.05) is 7.11 Å². The van der Waals surface area contributed by atoms with E-state index in [0.717, 1.165) is 0 Å². The smallest absolute Gasteiger partial charge is 0.316 e. The molecule has 0 N–H and O–H groups in total. The van der Waals surface area contributed by atoms with Gasteiger partial charge in [0.15, 0.2) is 0 Å². The summed E-state index contributed by atoms with van der Waals surface area (Å²) in [6, 6.07) is 1.23. The molecule has 0 aromatic carbocycles. The van der Waals surface area contributed by atoms with E-state index in [0.29, 0.717) is 12.1 Å². The summed E-state index contributed by atoms with van der Waals surface area (Å²) in [5, 5.41) is 7.53. The van der Waals surface area contributed by atoms with Crippen LogP contribution in [0.25, 0.3) is 0 Å². The Morgan fingerprint density at radius 3 is 3.10 bits per heavy atom. The lowest BCUT2D eigenvalue weighted by molar-refractivity contribution is 0.356. The van der Waals surface area contributed by atoms with E-state index in [-0.39, 0.29) is 0 Å². The molecule has 0 bridgehead atoms. The van der Waals surface area contributed by atoms with Gasteiger partial charge in [0.1, 0.15) is 6.33 Å². The van der Waals surface area contributed by atoms with E-state index < -0.39 is 0 Å². The minimum Gasteiger partial charge on any atom is -0.467 e. The van der Waals surface area contributed by atoms with Crippen molar-refractivity contribution in [3.05, 3.63) is 6.33 Å². The molecule has 1 aliphatic carbocycles. The fourth-order valence-electron chi connectivity index (χ4n) is 0.981. The number of aromatic nitrogens is 3. The van der Waals surface area contributed by atoms with Crippen LogP contribution in [-0.4, -0.2) is 21.9 Å². The van der Waals surface area contributed by atoms with Crippen LogP contribution in [0, 0.1) is 0 Å². The van der Waals surface area contributed by atoms with Gasteiger partial charge in [-0.3, -0.25) is 4.57 Å². The van der Waals surface area contributed by atoms with E-state index in [1.165, 1.54) is 12.8 Å². The molecule has 0 unspecified atom stereocenters. The van der Waals surface area contributed by atoms with Gasteiger partial charge in [-0.25, -0.2) is 0 Å². The molecule has 0 saturated heterocycles. The third-order valence-electron chi connectivity index (χ3n) is 1.66. The van der Waals surface area contributed by atoms with E-state index in [1.54, 1.807) is 13.4 Å². The van der Waals surface area contributed by atoms with Gasteiger partial charge in [0, 0.05) is 6.04 Å². The van der Waals surface area contributed by atoms with Gasteiger partial charge in [-0.05, 0) is 12.8 Å². The van der Waals surface area contributed by atoms with Crippen molar-refractivity contribution in [3.8, 4) is 6.01 Å². The summed E-state index contributed by atoms with van der Waals surface area (Å²) in [4.78, 5) is 0. The van der Waals surface area contributed by atoms with Gasteiger partial charge in [-0.1, -0.05) is 5.10 Å². The molecule has 4 nitrogen and oxygen atoms in total. The Labute approximate surface area is 58.8 Å². The van der Waals surface area contributed by atoms with Gasteiger partial charge in [0.25, 0.3) is 0 Å². The standard InChI is InChI=1S/C6H9N3O/c1-10-6-8-7-4-9(6)5-2-3-5/h4-5H,2-3H2,1H3. The maximum absolute atomic E-state index is 4.98. The Morgan fingerprint density at radius 2 is 2.50 bits per heavy atom. The van der Waals surface area contributed by atoms with Crippen LogP contribution < -0.4 is 4.74 Å². The molecule has 54 valence electrons. The van der Waals surface area contributed by atoms with Gasteiger partial charge in [0.05, 0.1) is 7.11 Å². The van der Waals surface area contributed by atoms with Gasteiger partial charge >= 0.3 is 6.01 Å². The van der Waals surface area contributed by atoms with Crippen LogP contribution in [0.4, 0.5) is 0 Å². The molecule has 1 aromatic rings. The fraction of sp³-hybridized carbons (Fsp3) is 0.667. The number of nitrogens with zero attached hydrogens (tertiary/aromatic N) is 3. The summed E-state index contributed by atoms with van der Waals surface area (Å²) in [6.07, 6.45) is 4.18. The number of ether oxygens (including phenoxy) is 1. The summed E-state index contributed by atoms with van der Waals surface area (Å²) in [7, 11) is 1.61. The molecule has 10 heavy (non-hydrogen) atoms. The van der Waals surface area contributed by atoms with Crippen molar-refractivity contribution in [3.63, 3.8) is 0 Å². The van der Waals surface area contributed by atoms with Gasteiger partial charge in [0.2, 0.25) is 0 Å². The third-order valence-corrected chi connectivity index (χ3v) is 1.66. The second-order valence-electron chi connectivity index (χ2n) is 2.46. The van der Waals surface area contributed by atoms with Crippen LogP contribution in [0.2, 0.25) is 0 Å². The molecular weight excluding hydrogens is 130 g/mol. The van der Waals surface area contributed by atoms with Crippen molar-refractivity contribution in [2.45, 2.75) is 18.9 Å². The van der Waals surface area contributed by atoms with E-state index in [2.05, 4.69) is 10.2 Å². The van der Waals surface area contributed by atoms with Crippen molar-refractivity contribution in [1.29, 1.82) is 0 Å². The summed E-state index contributed by atoms with van der Waals surface area (Å²) in [5.74, 6) is 0. The molecule has 1 aliphatic rings. The maximum atomic E-state index is 4.98. The first-order valence-corrected chi connectivity index (χ1v) is 3.35. The van der Waals surface area contributed by atoms with Gasteiger partial charge in [-0.15, -0.1) is 5.10 Å². The highest BCUT2D eigenvalue weighted by atomic mass is 16.5. The first kappa shape index (κ1) is 5.70. The van der Waals surface area contributed by atoms with Crippen LogP contribution >= 0.6 is 0 Å². The Morgan fingerprint density at radius 1 is 1.70 bits per heavy atom. The van der Waals surface area contributed by atoms with Crippen LogP contribution in [0.3, 0.4) is 0 Å². The number of methoxy groups -OCH3 is 1. The maximum Gasteiger partial charge on any atom is 0.316 e. The topological polar surface area (TPSA) is 39.9 Å². The number of hydrogen-bond acceptors (Lipinski definition) is 3. The van der Waals surface area contributed by atoms with E-state index >= 15 is 0 Å². The molecule has 0 radical (unpaired) electrons. The first-order chi connectivity index (χ1) is 4.92. The molecule has 0 amide bonds. The minimum absolute atomic E-state index is 0.602. The highest BCUT2D eigenvalue weighted by molar-refractivity contribution is 4.98. The van der Waals surface area contributed by atoms with E-state index in [4.69, 9.17) is 4.74 Å². The summed E-state index contributed by atoms with van der Waals surface area (Å²) >= 11 is 0. The molecule has 0 atom stereocenters. The Balaban J connectivity index is 2.28. The Bertz CT molecular complexity index is 229. The van der Waals surface area contributed by atoms with Gasteiger partial charge < -0.3 is 4.74 Å². The largest absolute Gasteiger partial charge is 0.467 e. The lowest BCUT2D eigenvalue weighted by Gasteiger charge is -1.99. The van der Waals surface area contributed by atoms with Crippen molar-refractivity contribution >= 4 is 0 Å². The van der Waals surface area contributed by atoms with Crippen LogP contribution in [-0.2, 0) is 0 Å². The average molecular weight is 139 g/mol. The third kappa shape index (κ3) is 0.761. The summed E-state index contributed by atoms with van der Waals surface area (Å²) < 4.78 is 6.95. The Hall–Kier alpha value is -1.06. The number of hydrogen-bond donors (Lipinski definition) is 0. The number of rotatable bonds is 2. The molecule has 2 rings (SSSR count). The highest BCUT2D eigenvalue weighted by Gasteiger charge is 2.26. The molecule has 1 heterocycles. The molecule has 1 saturated carbocycles. The predicted octanol–water partition coefficient (Wildman–Crippen LogP) is 0.622. The lowest BCUT2D eigenvalue weighted by Crippen LogP contribution is -1.96. The lowest BCUT2D eigenvalue weighted by atomic mass is 10.7. The minimum atomic E-state index is 0.602. The SMILES string of the molecule is COc1nncn1C1CC1. The zero-order chi connectivity index (χ0) is 6.97. The molecule has 1 aromatic heterocycles. The second kappa shape index (κ2) is 1.97. The summed E-state index contributed by atoms with van der Waals surface area (Å²) in [5.41, 5.74) is 0. The first-order valence-electron chi connectivity index (χ1n) is 3.35.